The summed E-state index contributed by atoms with van der Waals surface area (Å²) >= 11 is 0. The number of anilines is 2. The minimum atomic E-state index is 0.310. The van der Waals surface area contributed by atoms with Crippen molar-refractivity contribution in [3.8, 4) is 11.1 Å². The summed E-state index contributed by atoms with van der Waals surface area (Å²) in [5, 5.41) is 12.4. The highest BCUT2D eigenvalue weighted by atomic mass is 16.2. The van der Waals surface area contributed by atoms with E-state index < -0.39 is 0 Å². The van der Waals surface area contributed by atoms with Crippen molar-refractivity contribution in [3.63, 3.8) is 0 Å². The zero-order valence-electron chi connectivity index (χ0n) is 16.1. The smallest absolute Gasteiger partial charge is 0.0463 e. The van der Waals surface area contributed by atoms with Crippen LogP contribution >= 0.6 is 0 Å². The van der Waals surface area contributed by atoms with Crippen molar-refractivity contribution in [1.29, 1.82) is 0 Å². The average Bonchev–Trinajstić information content (AvgIpc) is 2.69. The largest absolute Gasteiger partial charge is 0.396 e. The quantitative estimate of drug-likeness (QED) is 0.427. The normalized spacial score (nSPS) is 10.7. The van der Waals surface area contributed by atoms with Crippen molar-refractivity contribution >= 4 is 11.4 Å². The molecule has 0 radical (unpaired) electrons. The van der Waals surface area contributed by atoms with Gasteiger partial charge in [-0.2, -0.15) is 0 Å². The number of rotatable bonds is 9. The second-order valence-electron chi connectivity index (χ2n) is 7.12. The lowest BCUT2D eigenvalue weighted by Crippen LogP contribution is -1.94. The lowest BCUT2D eigenvalue weighted by molar-refractivity contribution is 0.282. The van der Waals surface area contributed by atoms with Gasteiger partial charge >= 0.3 is 0 Å². The van der Waals surface area contributed by atoms with E-state index in [1.807, 2.05) is 0 Å². The van der Waals surface area contributed by atoms with Gasteiger partial charge in [-0.3, -0.25) is 0 Å². The molecular formula is C25H29NO. The second-order valence-corrected chi connectivity index (χ2v) is 7.12. The molecule has 3 aromatic rings. The van der Waals surface area contributed by atoms with Crippen molar-refractivity contribution in [2.24, 2.45) is 0 Å². The highest BCUT2D eigenvalue weighted by Crippen LogP contribution is 2.30. The SMILES string of the molecule is Cc1cccc(-c2ccccc2Nc2ccc(CCCCCCO)cc2)c1. The van der Waals surface area contributed by atoms with Crippen LogP contribution in [0.25, 0.3) is 11.1 Å². The van der Waals surface area contributed by atoms with Gasteiger partial charge in [0.25, 0.3) is 0 Å². The van der Waals surface area contributed by atoms with Gasteiger partial charge in [-0.1, -0.05) is 73.0 Å². The number of nitrogens with one attached hydrogen (secondary N) is 1. The third-order valence-corrected chi connectivity index (χ3v) is 4.86. The monoisotopic (exact) mass is 359 g/mol. The average molecular weight is 360 g/mol. The first-order valence-electron chi connectivity index (χ1n) is 9.89. The maximum atomic E-state index is 8.83. The number of unbranched alkanes of at least 4 members (excludes halogenated alkanes) is 3. The second kappa shape index (κ2) is 9.94. The first-order chi connectivity index (χ1) is 13.3. The van der Waals surface area contributed by atoms with Gasteiger partial charge in [-0.25, -0.2) is 0 Å². The van der Waals surface area contributed by atoms with Crippen LogP contribution in [0.2, 0.25) is 0 Å². The Hall–Kier alpha value is -2.58. The summed E-state index contributed by atoms with van der Waals surface area (Å²) in [6.45, 7) is 2.44. The molecule has 0 atom stereocenters. The molecule has 0 amide bonds. The molecule has 0 saturated carbocycles. The van der Waals surface area contributed by atoms with E-state index in [1.54, 1.807) is 0 Å². The maximum absolute atomic E-state index is 8.83. The Morgan fingerprint density at radius 2 is 1.56 bits per heavy atom. The zero-order valence-corrected chi connectivity index (χ0v) is 16.1. The summed E-state index contributed by atoms with van der Waals surface area (Å²) in [4.78, 5) is 0. The van der Waals surface area contributed by atoms with Crippen molar-refractivity contribution in [1.82, 2.24) is 0 Å². The molecule has 0 aromatic heterocycles. The van der Waals surface area contributed by atoms with Crippen LogP contribution in [-0.4, -0.2) is 11.7 Å². The summed E-state index contributed by atoms with van der Waals surface area (Å²) in [5.41, 5.74) is 7.33. The fraction of sp³-hybridized carbons (Fsp3) is 0.280. The first kappa shape index (κ1) is 19.2. The Balaban J connectivity index is 1.66. The molecule has 0 saturated heterocycles. The molecule has 0 aliphatic heterocycles. The molecule has 2 N–H and O–H groups in total. The van der Waals surface area contributed by atoms with Crippen LogP contribution in [0.4, 0.5) is 11.4 Å². The molecule has 2 heteroatoms. The summed E-state index contributed by atoms with van der Waals surface area (Å²) in [6, 6.07) is 25.8. The molecule has 3 aromatic carbocycles. The molecule has 0 unspecified atom stereocenters. The van der Waals surface area contributed by atoms with Gasteiger partial charge in [0.05, 0.1) is 0 Å². The Morgan fingerprint density at radius 1 is 0.778 bits per heavy atom. The van der Waals surface area contributed by atoms with Crippen LogP contribution in [0.3, 0.4) is 0 Å². The number of para-hydroxylation sites is 1. The topological polar surface area (TPSA) is 32.3 Å². The molecule has 0 spiro atoms. The fourth-order valence-corrected chi connectivity index (χ4v) is 3.36. The Labute approximate surface area is 162 Å². The van der Waals surface area contributed by atoms with Crippen LogP contribution in [0.1, 0.15) is 36.8 Å². The minimum Gasteiger partial charge on any atom is -0.396 e. The van der Waals surface area contributed by atoms with Gasteiger partial charge in [-0.15, -0.1) is 0 Å². The molecule has 140 valence electrons. The molecule has 27 heavy (non-hydrogen) atoms. The molecule has 0 aliphatic rings. The molecular weight excluding hydrogens is 330 g/mol. The number of aryl methyl sites for hydroxylation is 2. The van der Waals surface area contributed by atoms with Crippen LogP contribution in [-0.2, 0) is 6.42 Å². The summed E-state index contributed by atoms with van der Waals surface area (Å²) in [6.07, 6.45) is 5.51. The Kier molecular flexibility index (Phi) is 7.06. The van der Waals surface area contributed by atoms with E-state index in [4.69, 9.17) is 5.11 Å². The number of aliphatic hydroxyl groups excluding tert-OH is 1. The van der Waals surface area contributed by atoms with E-state index in [0.717, 1.165) is 30.6 Å². The summed E-state index contributed by atoms with van der Waals surface area (Å²) in [5.74, 6) is 0. The molecule has 0 heterocycles. The zero-order chi connectivity index (χ0) is 18.9. The summed E-state index contributed by atoms with van der Waals surface area (Å²) < 4.78 is 0. The van der Waals surface area contributed by atoms with E-state index in [9.17, 15) is 0 Å². The van der Waals surface area contributed by atoms with E-state index in [1.165, 1.54) is 35.1 Å². The molecule has 0 fully saturated rings. The van der Waals surface area contributed by atoms with Crippen LogP contribution in [0.5, 0.6) is 0 Å². The van der Waals surface area contributed by atoms with E-state index >= 15 is 0 Å². The highest BCUT2D eigenvalue weighted by molar-refractivity contribution is 5.81. The van der Waals surface area contributed by atoms with Crippen molar-refractivity contribution in [3.05, 3.63) is 83.9 Å². The van der Waals surface area contributed by atoms with Crippen molar-refractivity contribution in [2.75, 3.05) is 11.9 Å². The fourth-order valence-electron chi connectivity index (χ4n) is 3.36. The number of hydrogen-bond donors (Lipinski definition) is 2. The van der Waals surface area contributed by atoms with Gasteiger partial charge in [0.1, 0.15) is 0 Å². The highest BCUT2D eigenvalue weighted by Gasteiger charge is 2.05. The van der Waals surface area contributed by atoms with E-state index in [2.05, 4.69) is 85.0 Å². The lowest BCUT2D eigenvalue weighted by Gasteiger charge is -2.13. The molecule has 2 nitrogen and oxygen atoms in total. The Morgan fingerprint density at radius 3 is 2.33 bits per heavy atom. The number of hydrogen-bond acceptors (Lipinski definition) is 2. The van der Waals surface area contributed by atoms with Gasteiger partial charge in [0.2, 0.25) is 0 Å². The summed E-state index contributed by atoms with van der Waals surface area (Å²) in [7, 11) is 0. The van der Waals surface area contributed by atoms with Gasteiger partial charge in [0, 0.05) is 23.5 Å². The predicted molar refractivity (Wildman–Crippen MR) is 116 cm³/mol. The predicted octanol–water partition coefficient (Wildman–Crippen LogP) is 6.50. The first-order valence-corrected chi connectivity index (χ1v) is 9.89. The van der Waals surface area contributed by atoms with E-state index in [0.29, 0.717) is 6.61 Å². The molecule has 0 aliphatic carbocycles. The number of benzene rings is 3. The molecule has 3 rings (SSSR count). The van der Waals surface area contributed by atoms with Gasteiger partial charge < -0.3 is 10.4 Å². The van der Waals surface area contributed by atoms with E-state index in [-0.39, 0.29) is 0 Å². The van der Waals surface area contributed by atoms with Crippen LogP contribution < -0.4 is 5.32 Å². The van der Waals surface area contributed by atoms with Gasteiger partial charge in [0.15, 0.2) is 0 Å². The van der Waals surface area contributed by atoms with Crippen molar-refractivity contribution in [2.45, 2.75) is 39.0 Å². The molecule has 0 bridgehead atoms. The maximum Gasteiger partial charge on any atom is 0.0463 e. The Bertz CT molecular complexity index is 839. The van der Waals surface area contributed by atoms with Gasteiger partial charge in [-0.05, 0) is 55.5 Å². The lowest BCUT2D eigenvalue weighted by atomic mass is 10.0. The minimum absolute atomic E-state index is 0.310. The van der Waals surface area contributed by atoms with Crippen LogP contribution in [0.15, 0.2) is 72.8 Å². The third kappa shape index (κ3) is 5.70. The van der Waals surface area contributed by atoms with Crippen molar-refractivity contribution < 1.29 is 5.11 Å². The standard InChI is InChI=1S/C25H29NO/c1-20-9-8-11-22(19-20)24-12-5-6-13-25(24)26-23-16-14-21(15-17-23)10-4-2-3-7-18-27/h5-6,8-9,11-17,19,26-27H,2-4,7,10,18H2,1H3. The third-order valence-electron chi connectivity index (χ3n) is 4.86. The number of aliphatic hydroxyl groups is 1. The van der Waals surface area contributed by atoms with Crippen LogP contribution in [0, 0.1) is 6.92 Å².